The second-order valence-corrected chi connectivity index (χ2v) is 7.06. The van der Waals surface area contributed by atoms with Crippen molar-refractivity contribution in [1.29, 1.82) is 0 Å². The lowest BCUT2D eigenvalue weighted by atomic mass is 9.67. The molecule has 0 aliphatic heterocycles. The van der Waals surface area contributed by atoms with E-state index in [1.54, 1.807) is 0 Å². The van der Waals surface area contributed by atoms with E-state index >= 15 is 0 Å². The largest absolute Gasteiger partial charge is 0.355 e. The molecule has 0 saturated heterocycles. The van der Waals surface area contributed by atoms with E-state index in [0.29, 0.717) is 25.9 Å². The first kappa shape index (κ1) is 21.3. The number of urea groups is 1. The molecule has 7 nitrogen and oxygen atoms in total. The van der Waals surface area contributed by atoms with Crippen LogP contribution in [0.2, 0.25) is 0 Å². The van der Waals surface area contributed by atoms with Gasteiger partial charge in [0, 0.05) is 19.1 Å². The number of carbonyl (C=O) groups is 3. The molecule has 1 atom stereocenters. The van der Waals surface area contributed by atoms with Crippen LogP contribution in [0.5, 0.6) is 0 Å². The molecule has 0 heterocycles. The molecule has 1 fully saturated rings. The van der Waals surface area contributed by atoms with E-state index in [1.165, 1.54) is 6.42 Å². The minimum absolute atomic E-state index is 0.0444. The van der Waals surface area contributed by atoms with Crippen LogP contribution in [0.4, 0.5) is 4.79 Å². The summed E-state index contributed by atoms with van der Waals surface area (Å²) in [5.41, 5.74) is 4.12. The van der Waals surface area contributed by atoms with Gasteiger partial charge in [0.2, 0.25) is 11.8 Å². The number of nitrogens with one attached hydrogen (secondary N) is 3. The highest BCUT2D eigenvalue weighted by atomic mass is 16.2. The third-order valence-corrected chi connectivity index (χ3v) is 4.88. The number of amides is 4. The van der Waals surface area contributed by atoms with Crippen molar-refractivity contribution in [2.75, 3.05) is 13.1 Å². The Labute approximate surface area is 150 Å². The monoisotopic (exact) mass is 354 g/mol. The average Bonchev–Trinajstić information content (AvgIpc) is 2.50. The summed E-state index contributed by atoms with van der Waals surface area (Å²) >= 11 is 0. The Balaban J connectivity index is 2.36. The minimum atomic E-state index is -0.884. The maximum Gasteiger partial charge on any atom is 0.312 e. The molecule has 0 aromatic heterocycles. The number of primary amides is 1. The second kappa shape index (κ2) is 10.9. The fraction of sp³-hybridized carbons (Fsp3) is 0.833. The molecule has 4 amide bonds. The minimum Gasteiger partial charge on any atom is -0.355 e. The molecule has 0 radical (unpaired) electrons. The van der Waals surface area contributed by atoms with Crippen LogP contribution in [0.1, 0.15) is 71.6 Å². The Kier molecular flexibility index (Phi) is 9.31. The predicted molar refractivity (Wildman–Crippen MR) is 97.9 cm³/mol. The van der Waals surface area contributed by atoms with Crippen molar-refractivity contribution in [3.8, 4) is 0 Å². The normalized spacial score (nSPS) is 16.4. The number of hydrogen-bond donors (Lipinski definition) is 4. The van der Waals surface area contributed by atoms with E-state index in [2.05, 4.69) is 22.9 Å². The van der Waals surface area contributed by atoms with Gasteiger partial charge in [0.1, 0.15) is 5.41 Å². The fourth-order valence-electron chi connectivity index (χ4n) is 3.06. The molecule has 0 bridgehead atoms. The van der Waals surface area contributed by atoms with E-state index < -0.39 is 11.4 Å². The molecular weight excluding hydrogens is 320 g/mol. The zero-order valence-electron chi connectivity index (χ0n) is 15.7. The van der Waals surface area contributed by atoms with Gasteiger partial charge in [-0.25, -0.2) is 4.79 Å². The molecule has 0 spiro atoms. The van der Waals surface area contributed by atoms with Crippen molar-refractivity contribution in [3.05, 3.63) is 0 Å². The van der Waals surface area contributed by atoms with Gasteiger partial charge in [0.05, 0.1) is 0 Å². The molecule has 1 saturated carbocycles. The highest BCUT2D eigenvalue weighted by Crippen LogP contribution is 2.41. The second-order valence-electron chi connectivity index (χ2n) is 7.06. The SMILES string of the molecule is CCCCCCNC(=O)C1(C(=O)N[C@H](C)CCCNC(N)=O)CCC1. The number of carbonyl (C=O) groups excluding carboxylic acids is 3. The molecule has 7 heteroatoms. The van der Waals surface area contributed by atoms with Gasteiger partial charge in [-0.1, -0.05) is 32.6 Å². The summed E-state index contributed by atoms with van der Waals surface area (Å²) in [6.45, 7) is 5.19. The first-order chi connectivity index (χ1) is 11.9. The van der Waals surface area contributed by atoms with Gasteiger partial charge in [-0.05, 0) is 39.0 Å². The Bertz CT molecular complexity index is 450. The van der Waals surface area contributed by atoms with Crippen molar-refractivity contribution in [2.45, 2.75) is 77.7 Å². The van der Waals surface area contributed by atoms with Crippen molar-refractivity contribution in [3.63, 3.8) is 0 Å². The lowest BCUT2D eigenvalue weighted by Crippen LogP contribution is -2.56. The summed E-state index contributed by atoms with van der Waals surface area (Å²) in [6.07, 6.45) is 7.99. The highest BCUT2D eigenvalue weighted by molar-refractivity contribution is 6.06. The third-order valence-electron chi connectivity index (χ3n) is 4.88. The van der Waals surface area contributed by atoms with Crippen molar-refractivity contribution in [2.24, 2.45) is 11.1 Å². The van der Waals surface area contributed by atoms with Crippen LogP contribution in [-0.4, -0.2) is 37.0 Å². The quantitative estimate of drug-likeness (QED) is 0.316. The molecule has 1 aliphatic rings. The van der Waals surface area contributed by atoms with Gasteiger partial charge >= 0.3 is 6.03 Å². The molecule has 5 N–H and O–H groups in total. The Morgan fingerprint density at radius 3 is 2.24 bits per heavy atom. The molecule has 25 heavy (non-hydrogen) atoms. The lowest BCUT2D eigenvalue weighted by Gasteiger charge is -2.39. The Hall–Kier alpha value is -1.79. The molecule has 0 unspecified atom stereocenters. The van der Waals surface area contributed by atoms with E-state index in [4.69, 9.17) is 5.73 Å². The topological polar surface area (TPSA) is 113 Å². The van der Waals surface area contributed by atoms with Crippen LogP contribution in [-0.2, 0) is 9.59 Å². The van der Waals surface area contributed by atoms with E-state index in [-0.39, 0.29) is 17.9 Å². The zero-order valence-corrected chi connectivity index (χ0v) is 15.7. The number of nitrogens with two attached hydrogens (primary N) is 1. The number of unbranched alkanes of at least 4 members (excludes halogenated alkanes) is 3. The predicted octanol–water partition coefficient (Wildman–Crippen LogP) is 1.81. The lowest BCUT2D eigenvalue weighted by molar-refractivity contribution is -0.150. The van der Waals surface area contributed by atoms with Crippen LogP contribution < -0.4 is 21.7 Å². The fourth-order valence-corrected chi connectivity index (χ4v) is 3.06. The zero-order chi connectivity index (χ0) is 18.7. The van der Waals surface area contributed by atoms with Crippen LogP contribution in [0, 0.1) is 5.41 Å². The first-order valence-corrected chi connectivity index (χ1v) is 9.55. The summed E-state index contributed by atoms with van der Waals surface area (Å²) in [7, 11) is 0. The molecule has 1 aliphatic carbocycles. The van der Waals surface area contributed by atoms with E-state index in [9.17, 15) is 14.4 Å². The summed E-state index contributed by atoms with van der Waals surface area (Å²) in [4.78, 5) is 35.7. The standard InChI is InChI=1S/C18H34N4O3/c1-3-4-5-6-12-20-15(23)18(10-8-11-18)16(24)22-14(2)9-7-13-21-17(19)25/h14H,3-13H2,1-2H3,(H,20,23)(H,22,24)(H3,19,21,25)/t14-/m1/s1. The van der Waals surface area contributed by atoms with Gasteiger partial charge in [0.25, 0.3) is 0 Å². The first-order valence-electron chi connectivity index (χ1n) is 9.55. The number of hydrogen-bond acceptors (Lipinski definition) is 3. The van der Waals surface area contributed by atoms with Crippen molar-refractivity contribution < 1.29 is 14.4 Å². The molecule has 0 aromatic rings. The van der Waals surface area contributed by atoms with Gasteiger partial charge in [-0.15, -0.1) is 0 Å². The van der Waals surface area contributed by atoms with Crippen LogP contribution >= 0.6 is 0 Å². The summed E-state index contributed by atoms with van der Waals surface area (Å²) in [6, 6.07) is -0.585. The highest BCUT2D eigenvalue weighted by Gasteiger charge is 2.50. The number of rotatable bonds is 12. The Morgan fingerprint density at radius 2 is 1.68 bits per heavy atom. The van der Waals surface area contributed by atoms with Crippen molar-refractivity contribution in [1.82, 2.24) is 16.0 Å². The summed E-state index contributed by atoms with van der Waals surface area (Å²) in [5, 5.41) is 8.43. The van der Waals surface area contributed by atoms with Gasteiger partial charge in [-0.2, -0.15) is 0 Å². The molecular formula is C18H34N4O3. The van der Waals surface area contributed by atoms with Gasteiger partial charge < -0.3 is 21.7 Å². The molecule has 1 rings (SSSR count). The molecule has 144 valence electrons. The van der Waals surface area contributed by atoms with E-state index in [1.807, 2.05) is 6.92 Å². The molecule has 0 aromatic carbocycles. The van der Waals surface area contributed by atoms with Gasteiger partial charge in [-0.3, -0.25) is 9.59 Å². The average molecular weight is 354 g/mol. The van der Waals surface area contributed by atoms with Crippen molar-refractivity contribution >= 4 is 17.8 Å². The van der Waals surface area contributed by atoms with Gasteiger partial charge in [0.15, 0.2) is 0 Å². The third kappa shape index (κ3) is 6.92. The van der Waals surface area contributed by atoms with Crippen LogP contribution in [0.15, 0.2) is 0 Å². The van der Waals surface area contributed by atoms with E-state index in [0.717, 1.165) is 38.5 Å². The maximum atomic E-state index is 12.6. The maximum absolute atomic E-state index is 12.6. The summed E-state index contributed by atoms with van der Waals surface area (Å²) in [5.74, 6) is -0.296. The van der Waals surface area contributed by atoms with Crippen LogP contribution in [0.3, 0.4) is 0 Å². The Morgan fingerprint density at radius 1 is 1.00 bits per heavy atom. The smallest absolute Gasteiger partial charge is 0.312 e. The van der Waals surface area contributed by atoms with Crippen LogP contribution in [0.25, 0.3) is 0 Å². The summed E-state index contributed by atoms with van der Waals surface area (Å²) < 4.78 is 0.